The fourth-order valence-corrected chi connectivity index (χ4v) is 2.83. The monoisotopic (exact) mass is 299 g/mol. The third-order valence-electron chi connectivity index (χ3n) is 4.25. The predicted molar refractivity (Wildman–Crippen MR) is 85.3 cm³/mol. The maximum atomic E-state index is 10.6. The lowest BCUT2D eigenvalue weighted by molar-refractivity contribution is 0.110. The van der Waals surface area contributed by atoms with Gasteiger partial charge in [0.2, 0.25) is 0 Å². The summed E-state index contributed by atoms with van der Waals surface area (Å²) in [7, 11) is 2.16. The van der Waals surface area contributed by atoms with Crippen molar-refractivity contribution in [3.05, 3.63) is 42.2 Å². The van der Waals surface area contributed by atoms with Crippen LogP contribution in [0.5, 0.6) is 5.75 Å². The molecular formula is C18H21NO3. The molecule has 116 valence electrons. The van der Waals surface area contributed by atoms with Crippen LogP contribution in [0.3, 0.4) is 0 Å². The maximum Gasteiger partial charge on any atom is 0.185 e. The Morgan fingerprint density at radius 2 is 2.05 bits per heavy atom. The van der Waals surface area contributed by atoms with Crippen LogP contribution in [0.15, 0.2) is 40.8 Å². The summed E-state index contributed by atoms with van der Waals surface area (Å²) in [5.74, 6) is 1.90. The molecule has 4 nitrogen and oxygen atoms in total. The van der Waals surface area contributed by atoms with E-state index in [0.717, 1.165) is 24.5 Å². The average molecular weight is 299 g/mol. The van der Waals surface area contributed by atoms with Crippen molar-refractivity contribution in [2.75, 3.05) is 20.2 Å². The number of aldehydes is 1. The molecule has 0 aliphatic carbocycles. The van der Waals surface area contributed by atoms with Gasteiger partial charge in [-0.3, -0.25) is 4.79 Å². The van der Waals surface area contributed by atoms with E-state index < -0.39 is 0 Å². The van der Waals surface area contributed by atoms with Crippen LogP contribution in [0.2, 0.25) is 0 Å². The molecule has 1 atom stereocenters. The number of carbonyl (C=O) groups is 1. The van der Waals surface area contributed by atoms with Gasteiger partial charge in [-0.15, -0.1) is 0 Å². The number of carbonyl (C=O) groups excluding carboxylic acids is 1. The molecule has 1 aromatic heterocycles. The second-order valence-corrected chi connectivity index (χ2v) is 5.79. The third-order valence-corrected chi connectivity index (χ3v) is 4.25. The van der Waals surface area contributed by atoms with E-state index in [9.17, 15) is 4.79 Å². The van der Waals surface area contributed by atoms with Gasteiger partial charge in [0.15, 0.2) is 12.0 Å². The molecule has 3 rings (SSSR count). The molecule has 0 bridgehead atoms. The van der Waals surface area contributed by atoms with Crippen molar-refractivity contribution in [3.63, 3.8) is 0 Å². The van der Waals surface area contributed by atoms with E-state index in [2.05, 4.69) is 11.9 Å². The summed E-state index contributed by atoms with van der Waals surface area (Å²) in [6, 6.07) is 11.8. The highest BCUT2D eigenvalue weighted by atomic mass is 16.5. The largest absolute Gasteiger partial charge is 0.492 e. The summed E-state index contributed by atoms with van der Waals surface area (Å²) < 4.78 is 11.3. The lowest BCUT2D eigenvalue weighted by Crippen LogP contribution is -2.40. The number of hydrogen-bond acceptors (Lipinski definition) is 4. The smallest absolute Gasteiger partial charge is 0.185 e. The predicted octanol–water partition coefficient (Wildman–Crippen LogP) is 3.62. The maximum absolute atomic E-state index is 10.6. The van der Waals surface area contributed by atoms with E-state index in [1.807, 2.05) is 24.3 Å². The Morgan fingerprint density at radius 3 is 2.73 bits per heavy atom. The van der Waals surface area contributed by atoms with Gasteiger partial charge < -0.3 is 14.1 Å². The van der Waals surface area contributed by atoms with Crippen molar-refractivity contribution in [2.24, 2.45) is 0 Å². The van der Waals surface area contributed by atoms with Crippen LogP contribution >= 0.6 is 0 Å². The molecule has 0 spiro atoms. The number of rotatable bonds is 5. The van der Waals surface area contributed by atoms with Crippen LogP contribution in [0.25, 0.3) is 11.3 Å². The zero-order valence-corrected chi connectivity index (χ0v) is 12.8. The molecule has 0 amide bonds. The van der Waals surface area contributed by atoms with Gasteiger partial charge in [-0.25, -0.2) is 0 Å². The van der Waals surface area contributed by atoms with E-state index in [-0.39, 0.29) is 0 Å². The van der Waals surface area contributed by atoms with Gasteiger partial charge in [-0.1, -0.05) is 6.42 Å². The molecule has 4 heteroatoms. The first kappa shape index (κ1) is 14.9. The van der Waals surface area contributed by atoms with Crippen molar-refractivity contribution in [1.82, 2.24) is 4.90 Å². The lowest BCUT2D eigenvalue weighted by atomic mass is 10.0. The van der Waals surface area contributed by atoms with Crippen molar-refractivity contribution < 1.29 is 13.9 Å². The Balaban J connectivity index is 1.60. The molecule has 1 aliphatic heterocycles. The van der Waals surface area contributed by atoms with E-state index in [0.29, 0.717) is 23.8 Å². The van der Waals surface area contributed by atoms with Gasteiger partial charge in [0.1, 0.15) is 18.1 Å². The van der Waals surface area contributed by atoms with Gasteiger partial charge in [0.05, 0.1) is 0 Å². The molecule has 1 aliphatic rings. The molecule has 2 heterocycles. The third kappa shape index (κ3) is 3.39. The number of furan rings is 1. The first-order valence-corrected chi connectivity index (χ1v) is 7.75. The number of hydrogen-bond donors (Lipinski definition) is 0. The average Bonchev–Trinajstić information content (AvgIpc) is 3.04. The zero-order chi connectivity index (χ0) is 15.4. The minimum Gasteiger partial charge on any atom is -0.492 e. The van der Waals surface area contributed by atoms with Crippen molar-refractivity contribution in [3.8, 4) is 17.1 Å². The van der Waals surface area contributed by atoms with E-state index in [1.54, 1.807) is 12.1 Å². The molecule has 22 heavy (non-hydrogen) atoms. The Hall–Kier alpha value is -2.07. The van der Waals surface area contributed by atoms with Crippen molar-refractivity contribution >= 4 is 6.29 Å². The Bertz CT molecular complexity index is 618. The Labute approximate surface area is 130 Å². The minimum atomic E-state index is 0.343. The molecule has 1 aromatic carbocycles. The van der Waals surface area contributed by atoms with Crippen LogP contribution in [0.1, 0.15) is 29.8 Å². The second kappa shape index (κ2) is 6.79. The van der Waals surface area contributed by atoms with E-state index in [1.165, 1.54) is 19.3 Å². The van der Waals surface area contributed by atoms with Gasteiger partial charge in [0.25, 0.3) is 0 Å². The van der Waals surface area contributed by atoms with Gasteiger partial charge in [-0.2, -0.15) is 0 Å². The highest BCUT2D eigenvalue weighted by molar-refractivity contribution is 5.72. The van der Waals surface area contributed by atoms with Crippen LogP contribution < -0.4 is 4.74 Å². The molecule has 0 saturated carbocycles. The molecule has 1 unspecified atom stereocenters. The molecule has 1 saturated heterocycles. The first-order valence-electron chi connectivity index (χ1n) is 7.75. The Kier molecular flexibility index (Phi) is 4.59. The standard InChI is InChI=1S/C18H21NO3/c1-19-11-3-2-4-15(19)13-21-16-7-5-14(6-8-16)18-10-9-17(12-20)22-18/h5-10,12,15H,2-4,11,13H2,1H3. The number of likely N-dealkylation sites (tertiary alicyclic amines) is 1. The normalized spacial score (nSPS) is 19.0. The minimum absolute atomic E-state index is 0.343. The summed E-state index contributed by atoms with van der Waals surface area (Å²) in [5.41, 5.74) is 0.940. The molecular weight excluding hydrogens is 278 g/mol. The number of likely N-dealkylation sites (N-methyl/N-ethyl adjacent to an activating group) is 1. The number of benzene rings is 1. The topological polar surface area (TPSA) is 42.7 Å². The highest BCUT2D eigenvalue weighted by Gasteiger charge is 2.19. The second-order valence-electron chi connectivity index (χ2n) is 5.79. The van der Waals surface area contributed by atoms with Crippen LogP contribution in [0.4, 0.5) is 0 Å². The SMILES string of the molecule is CN1CCCCC1COc1ccc(-c2ccc(C=O)o2)cc1. The fraction of sp³-hybridized carbons (Fsp3) is 0.389. The van der Waals surface area contributed by atoms with Gasteiger partial charge in [0, 0.05) is 11.6 Å². The highest BCUT2D eigenvalue weighted by Crippen LogP contribution is 2.24. The van der Waals surface area contributed by atoms with Gasteiger partial charge >= 0.3 is 0 Å². The molecule has 0 radical (unpaired) electrons. The van der Waals surface area contributed by atoms with Crippen molar-refractivity contribution in [2.45, 2.75) is 25.3 Å². The van der Waals surface area contributed by atoms with Crippen LogP contribution in [-0.2, 0) is 0 Å². The van der Waals surface area contributed by atoms with Crippen LogP contribution in [-0.4, -0.2) is 37.4 Å². The summed E-state index contributed by atoms with van der Waals surface area (Å²) in [6.07, 6.45) is 4.49. The molecule has 1 fully saturated rings. The number of ether oxygens (including phenoxy) is 1. The summed E-state index contributed by atoms with van der Waals surface area (Å²) >= 11 is 0. The Morgan fingerprint density at radius 1 is 1.23 bits per heavy atom. The zero-order valence-electron chi connectivity index (χ0n) is 12.8. The lowest BCUT2D eigenvalue weighted by Gasteiger charge is -2.32. The van der Waals surface area contributed by atoms with E-state index in [4.69, 9.17) is 9.15 Å². The van der Waals surface area contributed by atoms with Gasteiger partial charge in [-0.05, 0) is 62.8 Å². The summed E-state index contributed by atoms with van der Waals surface area (Å²) in [5, 5.41) is 0. The quantitative estimate of drug-likeness (QED) is 0.791. The number of piperidine rings is 1. The van der Waals surface area contributed by atoms with Crippen molar-refractivity contribution in [1.29, 1.82) is 0 Å². The fourth-order valence-electron chi connectivity index (χ4n) is 2.83. The van der Waals surface area contributed by atoms with Crippen LogP contribution in [0, 0.1) is 0 Å². The molecule has 0 N–H and O–H groups in total. The summed E-state index contributed by atoms with van der Waals surface area (Å²) in [4.78, 5) is 13.0. The first-order chi connectivity index (χ1) is 10.8. The van der Waals surface area contributed by atoms with E-state index >= 15 is 0 Å². The number of nitrogens with zero attached hydrogens (tertiary/aromatic N) is 1. The molecule has 2 aromatic rings. The summed E-state index contributed by atoms with van der Waals surface area (Å²) in [6.45, 7) is 1.89.